The highest BCUT2D eigenvalue weighted by Crippen LogP contribution is 2.33. The number of thiophene rings is 1. The van der Waals surface area contributed by atoms with Crippen molar-refractivity contribution in [3.8, 4) is 0 Å². The number of rotatable bonds is 8. The van der Waals surface area contributed by atoms with Gasteiger partial charge in [-0.2, -0.15) is 0 Å². The molecule has 0 fully saturated rings. The number of hydrogen-bond donors (Lipinski definition) is 1. The predicted molar refractivity (Wildman–Crippen MR) is 93.4 cm³/mol. The molecule has 1 aromatic heterocycles. The van der Waals surface area contributed by atoms with Crippen molar-refractivity contribution < 1.29 is 0 Å². The van der Waals surface area contributed by atoms with E-state index in [1.165, 1.54) is 4.88 Å². The zero-order chi connectivity index (χ0) is 15.3. The molecule has 3 nitrogen and oxygen atoms in total. The van der Waals surface area contributed by atoms with Gasteiger partial charge in [-0.1, -0.05) is 13.8 Å². The monoisotopic (exact) mass is 361 g/mol. The summed E-state index contributed by atoms with van der Waals surface area (Å²) >= 11 is 5.36. The maximum atomic E-state index is 6.44. The van der Waals surface area contributed by atoms with Crippen molar-refractivity contribution >= 4 is 27.3 Å². The number of likely N-dealkylation sites (N-methyl/N-ethyl adjacent to an activating group) is 2. The third-order valence-corrected chi connectivity index (χ3v) is 5.44. The van der Waals surface area contributed by atoms with Crippen LogP contribution in [0.25, 0.3) is 0 Å². The summed E-state index contributed by atoms with van der Waals surface area (Å²) in [6.07, 6.45) is 0.991. The van der Waals surface area contributed by atoms with Gasteiger partial charge >= 0.3 is 0 Å². The lowest BCUT2D eigenvalue weighted by molar-refractivity contribution is 0.111. The lowest BCUT2D eigenvalue weighted by Crippen LogP contribution is -2.47. The van der Waals surface area contributed by atoms with Gasteiger partial charge in [0, 0.05) is 33.4 Å². The summed E-state index contributed by atoms with van der Waals surface area (Å²) in [7, 11) is 4.25. The van der Waals surface area contributed by atoms with Crippen LogP contribution >= 0.6 is 27.3 Å². The summed E-state index contributed by atoms with van der Waals surface area (Å²) < 4.78 is 1.15. The van der Waals surface area contributed by atoms with E-state index in [2.05, 4.69) is 72.0 Å². The van der Waals surface area contributed by atoms with Crippen LogP contribution in [0.2, 0.25) is 0 Å². The van der Waals surface area contributed by atoms with E-state index >= 15 is 0 Å². The Kier molecular flexibility index (Phi) is 7.69. The third kappa shape index (κ3) is 4.81. The highest BCUT2D eigenvalue weighted by Gasteiger charge is 2.29. The van der Waals surface area contributed by atoms with Crippen LogP contribution in [0.3, 0.4) is 0 Å². The van der Waals surface area contributed by atoms with E-state index in [1.54, 1.807) is 11.3 Å². The summed E-state index contributed by atoms with van der Waals surface area (Å²) in [5.41, 5.74) is 6.44. The van der Waals surface area contributed by atoms with Crippen LogP contribution in [0.1, 0.15) is 38.1 Å². The van der Waals surface area contributed by atoms with Crippen LogP contribution in [0, 0.1) is 0 Å². The lowest BCUT2D eigenvalue weighted by Gasteiger charge is -2.39. The first kappa shape index (κ1) is 18.1. The van der Waals surface area contributed by atoms with Gasteiger partial charge in [-0.3, -0.25) is 4.90 Å². The average Bonchev–Trinajstić information content (AvgIpc) is 2.80. The van der Waals surface area contributed by atoms with Crippen molar-refractivity contribution in [3.05, 3.63) is 20.8 Å². The fourth-order valence-electron chi connectivity index (χ4n) is 2.74. The van der Waals surface area contributed by atoms with E-state index in [4.69, 9.17) is 5.73 Å². The van der Waals surface area contributed by atoms with E-state index < -0.39 is 0 Å². The summed E-state index contributed by atoms with van der Waals surface area (Å²) in [5.74, 6) is 0. The molecule has 1 rings (SSSR count). The molecular weight excluding hydrogens is 334 g/mol. The molecule has 0 saturated carbocycles. The van der Waals surface area contributed by atoms with Gasteiger partial charge in [0.15, 0.2) is 0 Å². The van der Waals surface area contributed by atoms with Crippen LogP contribution in [0.4, 0.5) is 0 Å². The number of nitrogens with two attached hydrogens (primary N) is 1. The van der Waals surface area contributed by atoms with Gasteiger partial charge in [0.25, 0.3) is 0 Å². The van der Waals surface area contributed by atoms with Crippen LogP contribution < -0.4 is 5.73 Å². The van der Waals surface area contributed by atoms with Gasteiger partial charge in [0.2, 0.25) is 0 Å². The minimum atomic E-state index is 0.171. The van der Waals surface area contributed by atoms with Crippen molar-refractivity contribution in [3.63, 3.8) is 0 Å². The van der Waals surface area contributed by atoms with Gasteiger partial charge in [0.05, 0.1) is 6.04 Å². The normalized spacial score (nSPS) is 16.6. The molecule has 2 N–H and O–H groups in total. The molecule has 3 unspecified atom stereocenters. The Morgan fingerprint density at radius 1 is 1.35 bits per heavy atom. The molecule has 1 heterocycles. The summed E-state index contributed by atoms with van der Waals surface area (Å²) in [6.45, 7) is 8.76. The molecule has 0 saturated heterocycles. The summed E-state index contributed by atoms with van der Waals surface area (Å²) in [6, 6.07) is 3.18. The Labute approximate surface area is 136 Å². The Morgan fingerprint density at radius 2 is 2.00 bits per heavy atom. The number of nitrogens with zero attached hydrogens (tertiary/aromatic N) is 2. The minimum Gasteiger partial charge on any atom is -0.326 e. The average molecular weight is 362 g/mol. The standard InChI is InChI=1S/C15H28BrN3S/c1-6-13(17)15(14-8-12(16)10-20-14)19(7-2)11(3)9-18(4)5/h8,10-11,13,15H,6-7,9,17H2,1-5H3. The van der Waals surface area contributed by atoms with E-state index in [9.17, 15) is 0 Å². The molecule has 20 heavy (non-hydrogen) atoms. The molecule has 3 atom stereocenters. The maximum absolute atomic E-state index is 6.44. The zero-order valence-electron chi connectivity index (χ0n) is 13.3. The first-order chi connectivity index (χ1) is 9.40. The van der Waals surface area contributed by atoms with E-state index in [0.29, 0.717) is 12.1 Å². The van der Waals surface area contributed by atoms with Crippen LogP contribution in [-0.4, -0.2) is 49.1 Å². The largest absolute Gasteiger partial charge is 0.326 e. The van der Waals surface area contributed by atoms with Crippen LogP contribution in [0.5, 0.6) is 0 Å². The molecule has 0 spiro atoms. The van der Waals surface area contributed by atoms with E-state index in [0.717, 1.165) is 24.0 Å². The van der Waals surface area contributed by atoms with Crippen molar-refractivity contribution in [2.75, 3.05) is 27.2 Å². The summed E-state index contributed by atoms with van der Waals surface area (Å²) in [4.78, 5) is 6.14. The third-order valence-electron chi connectivity index (χ3n) is 3.67. The Bertz CT molecular complexity index is 394. The fraction of sp³-hybridized carbons (Fsp3) is 0.733. The Morgan fingerprint density at radius 3 is 2.40 bits per heavy atom. The van der Waals surface area contributed by atoms with Crippen molar-refractivity contribution in [1.29, 1.82) is 0 Å². The van der Waals surface area contributed by atoms with Gasteiger partial charge in [0.1, 0.15) is 0 Å². The molecule has 116 valence electrons. The van der Waals surface area contributed by atoms with Crippen molar-refractivity contribution in [1.82, 2.24) is 9.80 Å². The molecule has 0 amide bonds. The molecule has 1 aromatic rings. The second kappa shape index (κ2) is 8.49. The van der Waals surface area contributed by atoms with Gasteiger partial charge in [-0.05, 0) is 56.0 Å². The van der Waals surface area contributed by atoms with Crippen LogP contribution in [0.15, 0.2) is 15.9 Å². The second-order valence-electron chi connectivity index (χ2n) is 5.63. The van der Waals surface area contributed by atoms with Gasteiger partial charge in [-0.25, -0.2) is 0 Å². The van der Waals surface area contributed by atoms with Crippen LogP contribution in [-0.2, 0) is 0 Å². The smallest absolute Gasteiger partial charge is 0.0596 e. The number of hydrogen-bond acceptors (Lipinski definition) is 4. The minimum absolute atomic E-state index is 0.171. The molecular formula is C15H28BrN3S. The van der Waals surface area contributed by atoms with Gasteiger partial charge in [-0.15, -0.1) is 11.3 Å². The van der Waals surface area contributed by atoms with Gasteiger partial charge < -0.3 is 10.6 Å². The summed E-state index contributed by atoms with van der Waals surface area (Å²) in [5, 5.41) is 2.15. The fourth-order valence-corrected chi connectivity index (χ4v) is 4.38. The highest BCUT2D eigenvalue weighted by atomic mass is 79.9. The molecule has 0 aliphatic rings. The molecule has 0 aromatic carbocycles. The molecule has 0 radical (unpaired) electrons. The molecule has 0 aliphatic heterocycles. The van der Waals surface area contributed by atoms with E-state index in [-0.39, 0.29) is 6.04 Å². The zero-order valence-corrected chi connectivity index (χ0v) is 15.7. The quantitative estimate of drug-likeness (QED) is 0.768. The van der Waals surface area contributed by atoms with Crippen molar-refractivity contribution in [2.45, 2.75) is 45.3 Å². The number of halogens is 1. The topological polar surface area (TPSA) is 32.5 Å². The first-order valence-corrected chi connectivity index (χ1v) is 8.97. The Balaban J connectivity index is 3.01. The SMILES string of the molecule is CCC(N)C(c1cc(Br)cs1)N(CC)C(C)CN(C)C. The molecule has 0 bridgehead atoms. The van der Waals surface area contributed by atoms with E-state index in [1.807, 2.05) is 0 Å². The predicted octanol–water partition coefficient (Wildman–Crippen LogP) is 3.56. The highest BCUT2D eigenvalue weighted by molar-refractivity contribution is 9.10. The lowest BCUT2D eigenvalue weighted by atomic mass is 10.0. The first-order valence-electron chi connectivity index (χ1n) is 7.30. The second-order valence-corrected chi connectivity index (χ2v) is 7.48. The maximum Gasteiger partial charge on any atom is 0.0596 e. The Hall–Kier alpha value is 0.0600. The molecule has 0 aliphatic carbocycles. The molecule has 5 heteroatoms. The van der Waals surface area contributed by atoms with Crippen molar-refractivity contribution in [2.24, 2.45) is 5.73 Å².